The second-order valence-corrected chi connectivity index (χ2v) is 5.33. The van der Waals surface area contributed by atoms with E-state index in [4.69, 9.17) is 0 Å². The van der Waals surface area contributed by atoms with Crippen molar-refractivity contribution in [3.05, 3.63) is 57.6 Å². The summed E-state index contributed by atoms with van der Waals surface area (Å²) < 4.78 is 0. The van der Waals surface area contributed by atoms with Gasteiger partial charge in [-0.25, -0.2) is 0 Å². The second-order valence-electron chi connectivity index (χ2n) is 5.33. The summed E-state index contributed by atoms with van der Waals surface area (Å²) in [6.45, 7) is 10.7. The van der Waals surface area contributed by atoms with Crippen molar-refractivity contribution in [3.8, 4) is 11.1 Å². The zero-order chi connectivity index (χ0) is 14.2. The van der Waals surface area contributed by atoms with Crippen molar-refractivity contribution < 1.29 is 4.79 Å². The molecule has 2 rings (SSSR count). The Labute approximate surface area is 115 Å². The lowest BCUT2D eigenvalue weighted by Crippen LogP contribution is -1.97. The van der Waals surface area contributed by atoms with E-state index in [0.717, 1.165) is 17.4 Å². The first kappa shape index (κ1) is 13.5. The molecule has 0 heterocycles. The van der Waals surface area contributed by atoms with Gasteiger partial charge in [-0.05, 0) is 79.6 Å². The van der Waals surface area contributed by atoms with E-state index in [2.05, 4.69) is 46.8 Å². The van der Waals surface area contributed by atoms with Gasteiger partial charge in [-0.1, -0.05) is 18.2 Å². The van der Waals surface area contributed by atoms with Crippen molar-refractivity contribution >= 4 is 6.29 Å². The first-order valence-corrected chi connectivity index (χ1v) is 6.59. The first-order chi connectivity index (χ1) is 8.95. The highest BCUT2D eigenvalue weighted by Crippen LogP contribution is 2.33. The molecule has 98 valence electrons. The minimum Gasteiger partial charge on any atom is -0.298 e. The number of aldehydes is 1. The Morgan fingerprint density at radius 2 is 1.37 bits per heavy atom. The van der Waals surface area contributed by atoms with Crippen molar-refractivity contribution in [1.29, 1.82) is 0 Å². The lowest BCUT2D eigenvalue weighted by atomic mass is 9.87. The SMILES string of the molecule is Cc1cc(C=O)ccc1-c1c(C)c(C)cc(C)c1C. The summed E-state index contributed by atoms with van der Waals surface area (Å²) in [6.07, 6.45) is 0.901. The van der Waals surface area contributed by atoms with Gasteiger partial charge in [0.05, 0.1) is 0 Å². The zero-order valence-electron chi connectivity index (χ0n) is 12.3. The molecule has 0 saturated heterocycles. The van der Waals surface area contributed by atoms with Crippen LogP contribution in [-0.4, -0.2) is 6.29 Å². The summed E-state index contributed by atoms with van der Waals surface area (Å²) in [7, 11) is 0. The van der Waals surface area contributed by atoms with Crippen LogP contribution in [0.15, 0.2) is 24.3 Å². The highest BCUT2D eigenvalue weighted by Gasteiger charge is 2.12. The third-order valence-corrected chi connectivity index (χ3v) is 4.02. The number of benzene rings is 2. The van der Waals surface area contributed by atoms with Gasteiger partial charge in [0.25, 0.3) is 0 Å². The van der Waals surface area contributed by atoms with E-state index in [9.17, 15) is 4.79 Å². The van der Waals surface area contributed by atoms with E-state index < -0.39 is 0 Å². The van der Waals surface area contributed by atoms with Crippen LogP contribution < -0.4 is 0 Å². The third-order valence-electron chi connectivity index (χ3n) is 4.02. The Kier molecular flexibility index (Phi) is 3.57. The highest BCUT2D eigenvalue weighted by molar-refractivity contribution is 5.81. The van der Waals surface area contributed by atoms with E-state index in [1.165, 1.54) is 33.4 Å². The largest absolute Gasteiger partial charge is 0.298 e. The predicted octanol–water partition coefficient (Wildman–Crippen LogP) is 4.71. The van der Waals surface area contributed by atoms with Crippen LogP contribution in [0, 0.1) is 34.6 Å². The number of hydrogen-bond acceptors (Lipinski definition) is 1. The summed E-state index contributed by atoms with van der Waals surface area (Å²) in [5, 5.41) is 0. The van der Waals surface area contributed by atoms with Crippen molar-refractivity contribution in [2.24, 2.45) is 0 Å². The standard InChI is InChI=1S/C18H20O/c1-11-8-12(2)15(5)18(14(11)4)17-7-6-16(10-19)9-13(17)3/h6-10H,1-5H3. The normalized spacial score (nSPS) is 10.6. The van der Waals surface area contributed by atoms with Gasteiger partial charge < -0.3 is 0 Å². The topological polar surface area (TPSA) is 17.1 Å². The van der Waals surface area contributed by atoms with E-state index >= 15 is 0 Å². The Morgan fingerprint density at radius 3 is 1.84 bits per heavy atom. The van der Waals surface area contributed by atoms with Gasteiger partial charge in [0, 0.05) is 5.56 Å². The molecule has 0 amide bonds. The highest BCUT2D eigenvalue weighted by atomic mass is 16.1. The Balaban J connectivity index is 2.75. The Bertz CT molecular complexity index is 625. The van der Waals surface area contributed by atoms with Crippen LogP contribution in [0.3, 0.4) is 0 Å². The molecule has 0 saturated carbocycles. The van der Waals surface area contributed by atoms with Crippen LogP contribution in [0.4, 0.5) is 0 Å². The molecular formula is C18H20O. The average Bonchev–Trinajstić information content (AvgIpc) is 2.38. The van der Waals surface area contributed by atoms with E-state index in [0.29, 0.717) is 0 Å². The molecule has 0 spiro atoms. The second kappa shape index (κ2) is 5.00. The maximum Gasteiger partial charge on any atom is 0.150 e. The third kappa shape index (κ3) is 2.33. The smallest absolute Gasteiger partial charge is 0.150 e. The van der Waals surface area contributed by atoms with Gasteiger partial charge in [0.2, 0.25) is 0 Å². The van der Waals surface area contributed by atoms with E-state index in [-0.39, 0.29) is 0 Å². The van der Waals surface area contributed by atoms with E-state index in [1.54, 1.807) is 0 Å². The van der Waals surface area contributed by atoms with Crippen LogP contribution in [-0.2, 0) is 0 Å². The van der Waals surface area contributed by atoms with Crippen LogP contribution in [0.2, 0.25) is 0 Å². The molecule has 1 nitrogen and oxygen atoms in total. The van der Waals surface area contributed by atoms with E-state index in [1.807, 2.05) is 12.1 Å². The minimum atomic E-state index is 0.737. The molecule has 1 heteroatoms. The monoisotopic (exact) mass is 252 g/mol. The van der Waals surface area contributed by atoms with Gasteiger partial charge in [-0.15, -0.1) is 0 Å². The van der Waals surface area contributed by atoms with Crippen LogP contribution >= 0.6 is 0 Å². The molecule has 0 atom stereocenters. The molecule has 2 aromatic carbocycles. The molecular weight excluding hydrogens is 232 g/mol. The molecule has 0 aliphatic rings. The Morgan fingerprint density at radius 1 is 0.789 bits per heavy atom. The fraction of sp³-hybridized carbons (Fsp3) is 0.278. The Hall–Kier alpha value is -1.89. The molecule has 0 unspecified atom stereocenters. The molecule has 0 bridgehead atoms. The lowest BCUT2D eigenvalue weighted by molar-refractivity contribution is 0.112. The van der Waals surface area contributed by atoms with Crippen LogP contribution in [0.1, 0.15) is 38.2 Å². The zero-order valence-corrected chi connectivity index (χ0v) is 12.3. The van der Waals surface area contributed by atoms with Gasteiger partial charge in [0.1, 0.15) is 6.29 Å². The summed E-state index contributed by atoms with van der Waals surface area (Å²) >= 11 is 0. The maximum absolute atomic E-state index is 10.8. The van der Waals surface area contributed by atoms with Crippen LogP contribution in [0.25, 0.3) is 11.1 Å². The molecule has 0 fully saturated rings. The summed E-state index contributed by atoms with van der Waals surface area (Å²) in [6, 6.07) is 8.15. The number of hydrogen-bond donors (Lipinski definition) is 0. The number of aryl methyl sites for hydroxylation is 3. The number of carbonyl (C=O) groups is 1. The van der Waals surface area contributed by atoms with Crippen LogP contribution in [0.5, 0.6) is 0 Å². The maximum atomic E-state index is 10.8. The van der Waals surface area contributed by atoms with Crippen molar-refractivity contribution in [1.82, 2.24) is 0 Å². The van der Waals surface area contributed by atoms with Gasteiger partial charge >= 0.3 is 0 Å². The number of rotatable bonds is 2. The number of carbonyl (C=O) groups excluding carboxylic acids is 1. The molecule has 0 radical (unpaired) electrons. The summed E-state index contributed by atoms with van der Waals surface area (Å²) in [5.74, 6) is 0. The molecule has 19 heavy (non-hydrogen) atoms. The first-order valence-electron chi connectivity index (χ1n) is 6.59. The quantitative estimate of drug-likeness (QED) is 0.707. The van der Waals surface area contributed by atoms with Crippen molar-refractivity contribution in [2.45, 2.75) is 34.6 Å². The predicted molar refractivity (Wildman–Crippen MR) is 81.0 cm³/mol. The lowest BCUT2D eigenvalue weighted by Gasteiger charge is -2.17. The van der Waals surface area contributed by atoms with Gasteiger partial charge in [0.15, 0.2) is 0 Å². The molecule has 0 aliphatic heterocycles. The molecule has 0 aliphatic carbocycles. The molecule has 0 aromatic heterocycles. The van der Waals surface area contributed by atoms with Crippen molar-refractivity contribution in [3.63, 3.8) is 0 Å². The fourth-order valence-electron chi connectivity index (χ4n) is 2.66. The van der Waals surface area contributed by atoms with Gasteiger partial charge in [-0.2, -0.15) is 0 Å². The molecule has 0 N–H and O–H groups in total. The molecule has 2 aromatic rings. The average molecular weight is 252 g/mol. The fourth-order valence-corrected chi connectivity index (χ4v) is 2.66. The summed E-state index contributed by atoms with van der Waals surface area (Å²) in [5.41, 5.74) is 9.71. The minimum absolute atomic E-state index is 0.737. The van der Waals surface area contributed by atoms with Crippen molar-refractivity contribution in [2.75, 3.05) is 0 Å². The van der Waals surface area contributed by atoms with Gasteiger partial charge in [-0.3, -0.25) is 4.79 Å². The summed E-state index contributed by atoms with van der Waals surface area (Å²) in [4.78, 5) is 10.8.